The third kappa shape index (κ3) is 2.32. The molecule has 0 aromatic heterocycles. The van der Waals surface area contributed by atoms with E-state index >= 15 is 0 Å². The zero-order valence-corrected chi connectivity index (χ0v) is 9.11. The topological polar surface area (TPSA) is 40.5 Å². The molecule has 2 rings (SSSR count). The van der Waals surface area contributed by atoms with Crippen LogP contribution >= 0.6 is 0 Å². The minimum Gasteiger partial charge on any atom is -0.508 e. The van der Waals surface area contributed by atoms with Crippen LogP contribution in [0, 0.1) is 11.7 Å². The van der Waals surface area contributed by atoms with Crippen molar-refractivity contribution in [3.05, 3.63) is 29.6 Å². The molecule has 1 aliphatic carbocycles. The molecule has 0 spiro atoms. The van der Waals surface area contributed by atoms with Crippen LogP contribution in [0.3, 0.4) is 0 Å². The molecule has 1 N–H and O–H groups in total. The van der Waals surface area contributed by atoms with Crippen LogP contribution in [0.2, 0.25) is 0 Å². The quantitative estimate of drug-likeness (QED) is 0.851. The lowest BCUT2D eigenvalue weighted by atomic mass is 10.1. The Bertz CT molecular complexity index is 415. The van der Waals surface area contributed by atoms with Gasteiger partial charge in [-0.15, -0.1) is 0 Å². The van der Waals surface area contributed by atoms with Crippen molar-refractivity contribution in [2.24, 2.45) is 5.92 Å². The second kappa shape index (κ2) is 4.12. The molecule has 0 aliphatic heterocycles. The smallest absolute Gasteiger partial charge is 0.256 e. The average Bonchev–Trinajstić information content (AvgIpc) is 3.00. The molecule has 4 heteroatoms. The van der Waals surface area contributed by atoms with Crippen molar-refractivity contribution in [3.8, 4) is 5.75 Å². The van der Waals surface area contributed by atoms with Crippen LogP contribution in [0.4, 0.5) is 4.39 Å². The van der Waals surface area contributed by atoms with E-state index < -0.39 is 5.82 Å². The summed E-state index contributed by atoms with van der Waals surface area (Å²) in [6, 6.07) is 3.59. The van der Waals surface area contributed by atoms with Gasteiger partial charge in [0.25, 0.3) is 5.91 Å². The summed E-state index contributed by atoms with van der Waals surface area (Å²) in [6.45, 7) is 0.680. The number of benzene rings is 1. The number of rotatable bonds is 3. The zero-order chi connectivity index (χ0) is 11.7. The molecule has 1 fully saturated rings. The molecule has 16 heavy (non-hydrogen) atoms. The summed E-state index contributed by atoms with van der Waals surface area (Å²) in [5.41, 5.74) is 0.0148. The predicted molar refractivity (Wildman–Crippen MR) is 57.7 cm³/mol. The maximum atomic E-state index is 13.4. The summed E-state index contributed by atoms with van der Waals surface area (Å²) < 4.78 is 13.4. The molecule has 0 heterocycles. The minimum atomic E-state index is -0.673. The monoisotopic (exact) mass is 223 g/mol. The second-order valence-electron chi connectivity index (χ2n) is 4.29. The molecule has 1 amide bonds. The van der Waals surface area contributed by atoms with Crippen LogP contribution in [0.25, 0.3) is 0 Å². The van der Waals surface area contributed by atoms with E-state index in [0.717, 1.165) is 18.9 Å². The molecule has 0 saturated heterocycles. The number of nitrogens with zero attached hydrogens (tertiary/aromatic N) is 1. The van der Waals surface area contributed by atoms with E-state index in [1.807, 2.05) is 0 Å². The van der Waals surface area contributed by atoms with Gasteiger partial charge in [0.1, 0.15) is 11.6 Å². The van der Waals surface area contributed by atoms with Crippen LogP contribution in [-0.2, 0) is 0 Å². The van der Waals surface area contributed by atoms with Crippen LogP contribution in [0.1, 0.15) is 23.2 Å². The van der Waals surface area contributed by atoms with Crippen molar-refractivity contribution in [2.75, 3.05) is 13.6 Å². The summed E-state index contributed by atoms with van der Waals surface area (Å²) in [5, 5.41) is 9.05. The van der Waals surface area contributed by atoms with E-state index in [1.165, 1.54) is 17.0 Å². The van der Waals surface area contributed by atoms with Gasteiger partial charge in [0.2, 0.25) is 0 Å². The standard InChI is InChI=1S/C12H14FNO2/c1-14(7-8-2-3-8)12(16)10-5-4-9(15)6-11(10)13/h4-6,8,15H,2-3,7H2,1H3. The minimum absolute atomic E-state index is 0.0148. The second-order valence-corrected chi connectivity index (χ2v) is 4.29. The Hall–Kier alpha value is -1.58. The van der Waals surface area contributed by atoms with Crippen molar-refractivity contribution in [2.45, 2.75) is 12.8 Å². The highest BCUT2D eigenvalue weighted by Crippen LogP contribution is 2.29. The Balaban J connectivity index is 2.12. The summed E-state index contributed by atoms with van der Waals surface area (Å²) >= 11 is 0. The molecule has 1 aliphatic rings. The van der Waals surface area contributed by atoms with Crippen molar-refractivity contribution in [3.63, 3.8) is 0 Å². The highest BCUT2D eigenvalue weighted by Gasteiger charge is 2.26. The number of carbonyl (C=O) groups excluding carboxylic acids is 1. The molecule has 0 atom stereocenters. The predicted octanol–water partition coefficient (Wildman–Crippen LogP) is 2.01. The molecular formula is C12H14FNO2. The molecular weight excluding hydrogens is 209 g/mol. The maximum absolute atomic E-state index is 13.4. The molecule has 0 unspecified atom stereocenters. The molecule has 1 aromatic rings. The molecule has 1 aromatic carbocycles. The molecule has 0 bridgehead atoms. The van der Waals surface area contributed by atoms with Crippen LogP contribution in [-0.4, -0.2) is 29.5 Å². The van der Waals surface area contributed by atoms with E-state index in [2.05, 4.69) is 0 Å². The lowest BCUT2D eigenvalue weighted by Gasteiger charge is -2.17. The number of phenols is 1. The summed E-state index contributed by atoms with van der Waals surface area (Å²) in [5.74, 6) is -0.593. The average molecular weight is 223 g/mol. The first kappa shape index (κ1) is 10.9. The van der Waals surface area contributed by atoms with Crippen molar-refractivity contribution in [1.82, 2.24) is 4.90 Å². The number of carbonyl (C=O) groups is 1. The lowest BCUT2D eigenvalue weighted by Crippen LogP contribution is -2.29. The first-order valence-corrected chi connectivity index (χ1v) is 5.32. The van der Waals surface area contributed by atoms with Crippen LogP contribution in [0.15, 0.2) is 18.2 Å². The zero-order valence-electron chi connectivity index (χ0n) is 9.11. The fourth-order valence-corrected chi connectivity index (χ4v) is 1.65. The van der Waals surface area contributed by atoms with Gasteiger partial charge in [-0.3, -0.25) is 4.79 Å². The third-order valence-corrected chi connectivity index (χ3v) is 2.76. The first-order chi connectivity index (χ1) is 7.58. The fourth-order valence-electron chi connectivity index (χ4n) is 1.65. The Morgan fingerprint density at radius 1 is 1.56 bits per heavy atom. The summed E-state index contributed by atoms with van der Waals surface area (Å²) in [4.78, 5) is 13.4. The lowest BCUT2D eigenvalue weighted by molar-refractivity contribution is 0.0784. The van der Waals surface area contributed by atoms with Gasteiger partial charge in [-0.2, -0.15) is 0 Å². The van der Waals surface area contributed by atoms with Gasteiger partial charge in [0.15, 0.2) is 0 Å². The van der Waals surface area contributed by atoms with Gasteiger partial charge < -0.3 is 10.0 Å². The Morgan fingerprint density at radius 2 is 2.25 bits per heavy atom. The number of phenolic OH excluding ortho intramolecular Hbond substituents is 1. The molecule has 3 nitrogen and oxygen atoms in total. The summed E-state index contributed by atoms with van der Waals surface area (Å²) in [7, 11) is 1.67. The van der Waals surface area contributed by atoms with Gasteiger partial charge >= 0.3 is 0 Å². The van der Waals surface area contributed by atoms with Crippen LogP contribution in [0.5, 0.6) is 5.75 Å². The van der Waals surface area contributed by atoms with Crippen LogP contribution < -0.4 is 0 Å². The molecule has 86 valence electrons. The van der Waals surface area contributed by atoms with Crippen molar-refractivity contribution < 1.29 is 14.3 Å². The first-order valence-electron chi connectivity index (χ1n) is 5.32. The van der Waals surface area contributed by atoms with Gasteiger partial charge in [0.05, 0.1) is 5.56 Å². The fraction of sp³-hybridized carbons (Fsp3) is 0.417. The largest absolute Gasteiger partial charge is 0.508 e. The van der Waals surface area contributed by atoms with E-state index in [9.17, 15) is 9.18 Å². The van der Waals surface area contributed by atoms with Gasteiger partial charge in [-0.25, -0.2) is 4.39 Å². The maximum Gasteiger partial charge on any atom is 0.256 e. The highest BCUT2D eigenvalue weighted by atomic mass is 19.1. The Labute approximate surface area is 93.5 Å². The van der Waals surface area contributed by atoms with Gasteiger partial charge in [0, 0.05) is 19.7 Å². The van der Waals surface area contributed by atoms with E-state index in [1.54, 1.807) is 7.05 Å². The molecule has 0 radical (unpaired) electrons. The summed E-state index contributed by atoms with van der Waals surface area (Å²) in [6.07, 6.45) is 2.30. The van der Waals surface area contributed by atoms with Crippen molar-refractivity contribution >= 4 is 5.91 Å². The number of aromatic hydroxyl groups is 1. The van der Waals surface area contributed by atoms with E-state index in [0.29, 0.717) is 12.5 Å². The van der Waals surface area contributed by atoms with Gasteiger partial charge in [-0.1, -0.05) is 0 Å². The van der Waals surface area contributed by atoms with Crippen molar-refractivity contribution in [1.29, 1.82) is 0 Å². The number of halogens is 1. The Kier molecular flexibility index (Phi) is 2.81. The van der Waals surface area contributed by atoms with E-state index in [-0.39, 0.29) is 17.2 Å². The highest BCUT2D eigenvalue weighted by molar-refractivity contribution is 5.94. The third-order valence-electron chi connectivity index (χ3n) is 2.76. The molecule has 1 saturated carbocycles. The number of hydrogen-bond donors (Lipinski definition) is 1. The normalized spacial score (nSPS) is 14.9. The van der Waals surface area contributed by atoms with E-state index in [4.69, 9.17) is 5.11 Å². The van der Waals surface area contributed by atoms with Gasteiger partial charge in [-0.05, 0) is 30.9 Å². The SMILES string of the molecule is CN(CC1CC1)C(=O)c1ccc(O)cc1F. The number of amides is 1. The Morgan fingerprint density at radius 3 is 2.81 bits per heavy atom. The number of hydrogen-bond acceptors (Lipinski definition) is 2.